The average Bonchev–Trinajstić information content (AvgIpc) is 2.81. The lowest BCUT2D eigenvalue weighted by Gasteiger charge is -2.09. The van der Waals surface area contributed by atoms with Crippen LogP contribution in [0.3, 0.4) is 0 Å². The number of ether oxygens (including phenoxy) is 1. The van der Waals surface area contributed by atoms with Crippen molar-refractivity contribution in [3.05, 3.63) is 52.3 Å². The lowest BCUT2D eigenvalue weighted by molar-refractivity contribution is 0.199. The summed E-state index contributed by atoms with van der Waals surface area (Å²) in [6.45, 7) is 2.69. The maximum Gasteiger partial charge on any atom is 0.124 e. The number of hydrogen-bond donors (Lipinski definition) is 1. The van der Waals surface area contributed by atoms with E-state index in [2.05, 4.69) is 26.2 Å². The van der Waals surface area contributed by atoms with E-state index in [-0.39, 0.29) is 5.82 Å². The fourth-order valence-corrected chi connectivity index (χ4v) is 2.44. The third kappa shape index (κ3) is 4.40. The van der Waals surface area contributed by atoms with Gasteiger partial charge in [0.15, 0.2) is 0 Å². The molecule has 0 radical (unpaired) electrons. The van der Waals surface area contributed by atoms with Crippen LogP contribution in [0.15, 0.2) is 35.1 Å². The van der Waals surface area contributed by atoms with Crippen LogP contribution in [0.25, 0.3) is 0 Å². The van der Waals surface area contributed by atoms with Gasteiger partial charge in [0.25, 0.3) is 0 Å². The Kier molecular flexibility index (Phi) is 5.70. The minimum Gasteiger partial charge on any atom is -0.383 e. The maximum atomic E-state index is 13.4. The molecular weight excluding hydrogens is 325 g/mol. The summed E-state index contributed by atoms with van der Waals surface area (Å²) in [5, 5.41) is 3.25. The normalized spacial score (nSPS) is 10.9. The number of nitrogens with zero attached hydrogens (tertiary/aromatic N) is 2. The van der Waals surface area contributed by atoms with Gasteiger partial charge in [-0.25, -0.2) is 9.37 Å². The molecule has 0 aliphatic heterocycles. The van der Waals surface area contributed by atoms with Crippen LogP contribution in [-0.4, -0.2) is 29.8 Å². The van der Waals surface area contributed by atoms with Gasteiger partial charge in [0.1, 0.15) is 11.6 Å². The third-order valence-electron chi connectivity index (χ3n) is 2.84. The summed E-state index contributed by atoms with van der Waals surface area (Å²) in [4.78, 5) is 4.31. The smallest absolute Gasteiger partial charge is 0.124 e. The Morgan fingerprint density at radius 1 is 1.40 bits per heavy atom. The maximum absolute atomic E-state index is 13.4. The van der Waals surface area contributed by atoms with E-state index in [0.29, 0.717) is 19.7 Å². The van der Waals surface area contributed by atoms with Gasteiger partial charge in [0.2, 0.25) is 0 Å². The van der Waals surface area contributed by atoms with Crippen LogP contribution in [0.5, 0.6) is 0 Å². The van der Waals surface area contributed by atoms with Gasteiger partial charge < -0.3 is 14.6 Å². The van der Waals surface area contributed by atoms with Gasteiger partial charge in [-0.2, -0.15) is 0 Å². The lowest BCUT2D eigenvalue weighted by Crippen LogP contribution is -2.21. The first-order valence-electron chi connectivity index (χ1n) is 6.33. The molecule has 1 aromatic carbocycles. The van der Waals surface area contributed by atoms with E-state index >= 15 is 0 Å². The molecule has 0 aliphatic rings. The van der Waals surface area contributed by atoms with E-state index < -0.39 is 0 Å². The molecule has 0 fully saturated rings. The summed E-state index contributed by atoms with van der Waals surface area (Å²) in [7, 11) is 1.67. The Bertz CT molecular complexity index is 539. The number of hydrogen-bond acceptors (Lipinski definition) is 3. The Hall–Kier alpha value is -1.24. The van der Waals surface area contributed by atoms with Crippen LogP contribution in [0.4, 0.5) is 4.39 Å². The molecule has 1 N–H and O–H groups in total. The minimum absolute atomic E-state index is 0.241. The third-order valence-corrected chi connectivity index (χ3v) is 3.30. The van der Waals surface area contributed by atoms with Crippen LogP contribution < -0.4 is 5.32 Å². The van der Waals surface area contributed by atoms with Crippen molar-refractivity contribution in [1.82, 2.24) is 14.9 Å². The van der Waals surface area contributed by atoms with Crippen LogP contribution in [0, 0.1) is 5.82 Å². The first-order chi connectivity index (χ1) is 9.69. The Morgan fingerprint density at radius 3 is 3.00 bits per heavy atom. The van der Waals surface area contributed by atoms with E-state index in [0.717, 1.165) is 22.4 Å². The molecule has 108 valence electrons. The number of benzene rings is 1. The summed E-state index contributed by atoms with van der Waals surface area (Å²) in [5.74, 6) is 0.677. The predicted molar refractivity (Wildman–Crippen MR) is 79.0 cm³/mol. The second-order valence-electron chi connectivity index (χ2n) is 4.42. The summed E-state index contributed by atoms with van der Waals surface area (Å²) in [5.41, 5.74) is 0.896. The van der Waals surface area contributed by atoms with E-state index in [4.69, 9.17) is 4.74 Å². The molecule has 0 bridgehead atoms. The highest BCUT2D eigenvalue weighted by atomic mass is 79.9. The van der Waals surface area contributed by atoms with Gasteiger partial charge in [-0.1, -0.05) is 15.9 Å². The highest BCUT2D eigenvalue weighted by Crippen LogP contribution is 2.16. The highest BCUT2D eigenvalue weighted by molar-refractivity contribution is 9.10. The first kappa shape index (κ1) is 15.2. The number of aromatic nitrogens is 2. The Morgan fingerprint density at radius 2 is 2.25 bits per heavy atom. The number of methoxy groups -OCH3 is 1. The molecule has 0 spiro atoms. The van der Waals surface area contributed by atoms with Crippen molar-refractivity contribution >= 4 is 15.9 Å². The molecular formula is C14H17BrFN3O. The van der Waals surface area contributed by atoms with E-state index in [1.54, 1.807) is 13.3 Å². The van der Waals surface area contributed by atoms with Gasteiger partial charge in [-0.05, 0) is 23.8 Å². The molecule has 0 saturated carbocycles. The van der Waals surface area contributed by atoms with E-state index in [1.807, 2.05) is 16.8 Å². The van der Waals surface area contributed by atoms with Crippen LogP contribution in [0.1, 0.15) is 11.4 Å². The quantitative estimate of drug-likeness (QED) is 0.786. The van der Waals surface area contributed by atoms with Gasteiger partial charge in [0, 0.05) is 37.1 Å². The Labute approximate surface area is 126 Å². The van der Waals surface area contributed by atoms with Crippen molar-refractivity contribution in [2.75, 3.05) is 20.3 Å². The van der Waals surface area contributed by atoms with Crippen molar-refractivity contribution in [3.8, 4) is 0 Å². The summed E-state index contributed by atoms with van der Waals surface area (Å²) >= 11 is 3.30. The lowest BCUT2D eigenvalue weighted by atomic mass is 10.2. The molecule has 1 aromatic heterocycles. The standard InChI is InChI=1S/C14H17BrFN3O/c1-20-5-3-17-9-14-18-2-4-19(14)10-11-6-12(15)8-13(16)7-11/h2,4,6-8,17H,3,5,9-10H2,1H3. The van der Waals surface area contributed by atoms with Crippen LogP contribution in [0.2, 0.25) is 0 Å². The SMILES string of the molecule is COCCNCc1nccn1Cc1cc(F)cc(Br)c1. The molecule has 0 atom stereocenters. The zero-order valence-electron chi connectivity index (χ0n) is 11.3. The second-order valence-corrected chi connectivity index (χ2v) is 5.33. The molecule has 0 unspecified atom stereocenters. The highest BCUT2D eigenvalue weighted by Gasteiger charge is 2.05. The van der Waals surface area contributed by atoms with Gasteiger partial charge in [0.05, 0.1) is 13.2 Å². The van der Waals surface area contributed by atoms with Crippen LogP contribution in [-0.2, 0) is 17.8 Å². The molecule has 6 heteroatoms. The van der Waals surface area contributed by atoms with Crippen molar-refractivity contribution in [1.29, 1.82) is 0 Å². The molecule has 20 heavy (non-hydrogen) atoms. The number of rotatable bonds is 7. The summed E-state index contributed by atoms with van der Waals surface area (Å²) < 4.78 is 21.1. The number of imidazole rings is 1. The monoisotopic (exact) mass is 341 g/mol. The van der Waals surface area contributed by atoms with Gasteiger partial charge >= 0.3 is 0 Å². The zero-order valence-corrected chi connectivity index (χ0v) is 12.9. The molecule has 0 amide bonds. The number of halogens is 2. The fourth-order valence-electron chi connectivity index (χ4n) is 1.92. The van der Waals surface area contributed by atoms with Crippen molar-refractivity contribution in [2.45, 2.75) is 13.1 Å². The van der Waals surface area contributed by atoms with E-state index in [1.165, 1.54) is 12.1 Å². The summed E-state index contributed by atoms with van der Waals surface area (Å²) in [6, 6.07) is 4.89. The van der Waals surface area contributed by atoms with E-state index in [9.17, 15) is 4.39 Å². The van der Waals surface area contributed by atoms with Crippen molar-refractivity contribution in [3.63, 3.8) is 0 Å². The average molecular weight is 342 g/mol. The molecule has 1 heterocycles. The van der Waals surface area contributed by atoms with Gasteiger partial charge in [-0.3, -0.25) is 0 Å². The topological polar surface area (TPSA) is 39.1 Å². The largest absolute Gasteiger partial charge is 0.383 e. The predicted octanol–water partition coefficient (Wildman–Crippen LogP) is 2.57. The first-order valence-corrected chi connectivity index (χ1v) is 7.13. The molecule has 2 rings (SSSR count). The molecule has 4 nitrogen and oxygen atoms in total. The minimum atomic E-state index is -0.241. The second kappa shape index (κ2) is 7.52. The van der Waals surface area contributed by atoms with Crippen molar-refractivity contribution < 1.29 is 9.13 Å². The van der Waals surface area contributed by atoms with Crippen molar-refractivity contribution in [2.24, 2.45) is 0 Å². The molecule has 0 aliphatic carbocycles. The van der Waals surface area contributed by atoms with Crippen LogP contribution >= 0.6 is 15.9 Å². The number of nitrogens with one attached hydrogen (secondary N) is 1. The molecule has 2 aromatic rings. The fraction of sp³-hybridized carbons (Fsp3) is 0.357. The molecule has 0 saturated heterocycles. The van der Waals surface area contributed by atoms with Gasteiger partial charge in [-0.15, -0.1) is 0 Å². The Balaban J connectivity index is 2.00. The zero-order chi connectivity index (χ0) is 14.4. The summed E-state index contributed by atoms with van der Waals surface area (Å²) in [6.07, 6.45) is 3.65.